The van der Waals surface area contributed by atoms with Crippen molar-refractivity contribution in [2.45, 2.75) is 12.6 Å². The van der Waals surface area contributed by atoms with E-state index in [1.54, 1.807) is 12.1 Å². The number of benzene rings is 2. The molecule has 33 heavy (non-hydrogen) atoms. The first-order valence-electron chi connectivity index (χ1n) is 10.3. The van der Waals surface area contributed by atoms with E-state index in [9.17, 15) is 10.1 Å². The largest absolute Gasteiger partial charge is 0.466 e. The van der Waals surface area contributed by atoms with Crippen molar-refractivity contribution >= 4 is 23.0 Å². The lowest BCUT2D eigenvalue weighted by atomic mass is 10.1. The van der Waals surface area contributed by atoms with Crippen LogP contribution in [0, 0.1) is 11.3 Å². The number of carbonyl (C=O) groups is 1. The third kappa shape index (κ3) is 5.20. The molecule has 2 aromatic heterocycles. The van der Waals surface area contributed by atoms with E-state index in [0.29, 0.717) is 23.5 Å². The van der Waals surface area contributed by atoms with Gasteiger partial charge in [0, 0.05) is 12.1 Å². The number of nitrogens with one attached hydrogen (secondary N) is 1. The number of esters is 1. The average Bonchev–Trinajstić information content (AvgIpc) is 3.41. The van der Waals surface area contributed by atoms with Crippen LogP contribution in [-0.4, -0.2) is 18.1 Å². The Morgan fingerprint density at radius 1 is 1.09 bits per heavy atom. The highest BCUT2D eigenvalue weighted by atomic mass is 32.1. The van der Waals surface area contributed by atoms with Gasteiger partial charge in [-0.2, -0.15) is 5.26 Å². The summed E-state index contributed by atoms with van der Waals surface area (Å²) in [5.74, 6) is -0.509. The number of hydrogen-bond donors (Lipinski definition) is 1. The number of anilines is 1. The maximum Gasteiger partial charge on any atom is 0.351 e. The number of nitrogens with zero attached hydrogens (tertiary/aromatic N) is 2. The molecule has 0 bridgehead atoms. The molecule has 2 heterocycles. The third-order valence-corrected chi connectivity index (χ3v) is 5.84. The molecule has 1 N–H and O–H groups in total. The molecule has 0 spiro atoms. The van der Waals surface area contributed by atoms with Crippen LogP contribution >= 0.6 is 11.3 Å². The SMILES string of the molecule is COC(=O)C(Oc1nc(-c2cccs2)cc(NCc2ccccc2)c1C#N)c1ccccc1. The van der Waals surface area contributed by atoms with Crippen LogP contribution in [0.15, 0.2) is 84.2 Å². The number of aromatic nitrogens is 1. The molecule has 0 radical (unpaired) electrons. The lowest BCUT2D eigenvalue weighted by Gasteiger charge is -2.19. The smallest absolute Gasteiger partial charge is 0.351 e. The van der Waals surface area contributed by atoms with Crippen molar-refractivity contribution < 1.29 is 14.3 Å². The Balaban J connectivity index is 1.76. The number of pyridine rings is 1. The monoisotopic (exact) mass is 455 g/mol. The molecule has 0 aliphatic heterocycles. The molecule has 0 aliphatic rings. The number of carbonyl (C=O) groups excluding carboxylic acids is 1. The lowest BCUT2D eigenvalue weighted by molar-refractivity contribution is -0.149. The van der Waals surface area contributed by atoms with Crippen LogP contribution < -0.4 is 10.1 Å². The third-order valence-electron chi connectivity index (χ3n) is 4.94. The average molecular weight is 456 g/mol. The van der Waals surface area contributed by atoms with Gasteiger partial charge in [-0.3, -0.25) is 0 Å². The van der Waals surface area contributed by atoms with Gasteiger partial charge >= 0.3 is 5.97 Å². The van der Waals surface area contributed by atoms with Gasteiger partial charge in [-0.05, 0) is 23.1 Å². The van der Waals surface area contributed by atoms with Crippen LogP contribution in [0.25, 0.3) is 10.6 Å². The van der Waals surface area contributed by atoms with Crippen LogP contribution in [0.3, 0.4) is 0 Å². The minimum atomic E-state index is -1.06. The summed E-state index contributed by atoms with van der Waals surface area (Å²) in [5, 5.41) is 15.3. The summed E-state index contributed by atoms with van der Waals surface area (Å²) in [6, 6.07) is 26.8. The molecule has 0 amide bonds. The van der Waals surface area contributed by atoms with Gasteiger partial charge in [0.15, 0.2) is 0 Å². The quantitative estimate of drug-likeness (QED) is 0.349. The molecule has 164 valence electrons. The molecular weight excluding hydrogens is 434 g/mol. The van der Waals surface area contributed by atoms with Crippen molar-refractivity contribution in [1.82, 2.24) is 4.98 Å². The Labute approximate surface area is 196 Å². The number of rotatable bonds is 8. The second-order valence-corrected chi connectivity index (χ2v) is 8.04. The van der Waals surface area contributed by atoms with Crippen molar-refractivity contribution in [1.29, 1.82) is 5.26 Å². The van der Waals surface area contributed by atoms with E-state index in [4.69, 9.17) is 9.47 Å². The van der Waals surface area contributed by atoms with Crippen molar-refractivity contribution in [2.24, 2.45) is 0 Å². The van der Waals surface area contributed by atoms with Crippen LogP contribution in [0.5, 0.6) is 5.88 Å². The number of thiophene rings is 1. The zero-order valence-electron chi connectivity index (χ0n) is 17.9. The highest BCUT2D eigenvalue weighted by molar-refractivity contribution is 7.13. The summed E-state index contributed by atoms with van der Waals surface area (Å²) in [6.07, 6.45) is -1.06. The predicted octanol–water partition coefficient (Wildman–Crippen LogP) is 5.59. The van der Waals surface area contributed by atoms with Crippen LogP contribution in [0.4, 0.5) is 5.69 Å². The Morgan fingerprint density at radius 3 is 2.45 bits per heavy atom. The van der Waals surface area contributed by atoms with E-state index < -0.39 is 12.1 Å². The molecule has 0 aliphatic carbocycles. The van der Waals surface area contributed by atoms with Crippen molar-refractivity contribution in [3.63, 3.8) is 0 Å². The van der Waals surface area contributed by atoms with Gasteiger partial charge in [0.05, 0.1) is 23.4 Å². The second kappa shape index (κ2) is 10.4. The summed E-state index contributed by atoms with van der Waals surface area (Å²) in [5.41, 5.74) is 3.11. The van der Waals surface area contributed by atoms with Gasteiger partial charge in [-0.25, -0.2) is 9.78 Å². The summed E-state index contributed by atoms with van der Waals surface area (Å²) in [4.78, 5) is 18.1. The molecule has 0 saturated heterocycles. The van der Waals surface area contributed by atoms with E-state index in [-0.39, 0.29) is 11.4 Å². The van der Waals surface area contributed by atoms with Gasteiger partial charge in [0.25, 0.3) is 0 Å². The van der Waals surface area contributed by atoms with Crippen molar-refractivity contribution in [2.75, 3.05) is 12.4 Å². The molecule has 4 aromatic rings. The van der Waals surface area contributed by atoms with E-state index in [2.05, 4.69) is 16.4 Å². The fourth-order valence-electron chi connectivity index (χ4n) is 3.30. The van der Waals surface area contributed by atoms with Crippen LogP contribution in [-0.2, 0) is 16.1 Å². The summed E-state index contributed by atoms with van der Waals surface area (Å²) in [7, 11) is 1.30. The molecule has 0 saturated carbocycles. The molecular formula is C26H21N3O3S. The van der Waals surface area contributed by atoms with E-state index in [1.807, 2.05) is 72.1 Å². The first-order valence-corrected chi connectivity index (χ1v) is 11.1. The number of nitriles is 1. The van der Waals surface area contributed by atoms with Crippen LogP contribution in [0.1, 0.15) is 22.8 Å². The lowest BCUT2D eigenvalue weighted by Crippen LogP contribution is -2.21. The molecule has 1 atom stereocenters. The van der Waals surface area contributed by atoms with Crippen molar-refractivity contribution in [3.05, 3.63) is 101 Å². The standard InChI is InChI=1S/C26H21N3O3S/c1-31-26(30)24(19-11-6-3-7-12-19)32-25-20(16-27)21(28-17-18-9-4-2-5-10-18)15-22(29-25)23-13-8-14-33-23/h2-15,24H,17H2,1H3,(H,28,29). The van der Waals surface area contributed by atoms with Gasteiger partial charge in [0.1, 0.15) is 11.6 Å². The van der Waals surface area contributed by atoms with Gasteiger partial charge in [-0.1, -0.05) is 66.7 Å². The second-order valence-electron chi connectivity index (χ2n) is 7.10. The number of ether oxygens (including phenoxy) is 2. The Kier molecular flexibility index (Phi) is 6.98. The zero-order valence-corrected chi connectivity index (χ0v) is 18.7. The molecule has 6 nitrogen and oxygen atoms in total. The number of methoxy groups -OCH3 is 1. The summed E-state index contributed by atoms with van der Waals surface area (Å²) < 4.78 is 11.0. The van der Waals surface area contributed by atoms with E-state index in [0.717, 1.165) is 10.4 Å². The minimum Gasteiger partial charge on any atom is -0.466 e. The fraction of sp³-hybridized carbons (Fsp3) is 0.115. The fourth-order valence-corrected chi connectivity index (χ4v) is 3.98. The van der Waals surface area contributed by atoms with E-state index in [1.165, 1.54) is 18.4 Å². The topological polar surface area (TPSA) is 84.2 Å². The van der Waals surface area contributed by atoms with Gasteiger partial charge in [0.2, 0.25) is 12.0 Å². The first-order chi connectivity index (χ1) is 16.2. The normalized spacial score (nSPS) is 11.3. The highest BCUT2D eigenvalue weighted by Gasteiger charge is 2.27. The Hall–Kier alpha value is -4.15. The molecule has 1 unspecified atom stereocenters. The maximum absolute atomic E-state index is 12.6. The summed E-state index contributed by atoms with van der Waals surface area (Å²) in [6.45, 7) is 0.516. The molecule has 4 rings (SSSR count). The number of hydrogen-bond acceptors (Lipinski definition) is 7. The van der Waals surface area contributed by atoms with Crippen LogP contribution in [0.2, 0.25) is 0 Å². The zero-order chi connectivity index (χ0) is 23.0. The van der Waals surface area contributed by atoms with E-state index >= 15 is 0 Å². The van der Waals surface area contributed by atoms with Gasteiger partial charge in [-0.15, -0.1) is 11.3 Å². The predicted molar refractivity (Wildman–Crippen MR) is 128 cm³/mol. The Bertz CT molecular complexity index is 1250. The Morgan fingerprint density at radius 2 is 1.82 bits per heavy atom. The van der Waals surface area contributed by atoms with Crippen molar-refractivity contribution in [3.8, 4) is 22.5 Å². The molecule has 7 heteroatoms. The maximum atomic E-state index is 12.6. The highest BCUT2D eigenvalue weighted by Crippen LogP contribution is 2.34. The molecule has 0 fully saturated rings. The minimum absolute atomic E-state index is 0.0678. The summed E-state index contributed by atoms with van der Waals surface area (Å²) >= 11 is 1.53. The molecule has 2 aromatic carbocycles. The first kappa shape index (κ1) is 22.1. The van der Waals surface area contributed by atoms with Gasteiger partial charge < -0.3 is 14.8 Å².